The molecule has 0 spiro atoms. The zero-order valence-electron chi connectivity index (χ0n) is 11.4. The van der Waals surface area contributed by atoms with Gasteiger partial charge in [-0.3, -0.25) is 0 Å². The van der Waals surface area contributed by atoms with E-state index in [0.29, 0.717) is 18.5 Å². The summed E-state index contributed by atoms with van der Waals surface area (Å²) < 4.78 is 0. The summed E-state index contributed by atoms with van der Waals surface area (Å²) in [5, 5.41) is 22.7. The molecule has 2 N–H and O–H groups in total. The Morgan fingerprint density at radius 3 is 2.82 bits per heavy atom. The summed E-state index contributed by atoms with van der Waals surface area (Å²) in [6.45, 7) is 6.72. The van der Waals surface area contributed by atoms with Crippen molar-refractivity contribution in [1.29, 1.82) is 5.26 Å². The Morgan fingerprint density at radius 1 is 1.53 bits per heavy atom. The first-order chi connectivity index (χ1) is 7.99. The van der Waals surface area contributed by atoms with Crippen LogP contribution in [0.4, 0.5) is 0 Å². The molecule has 0 aliphatic heterocycles. The molecule has 1 fully saturated rings. The summed E-state index contributed by atoms with van der Waals surface area (Å²) in [5.41, 5.74) is -0.645. The maximum Gasteiger partial charge on any atom is 0.0768 e. The number of nitriles is 1. The molecular formula is C14H26N2O. The largest absolute Gasteiger partial charge is 0.389 e. The lowest BCUT2D eigenvalue weighted by atomic mass is 9.85. The van der Waals surface area contributed by atoms with Crippen LogP contribution in [-0.2, 0) is 0 Å². The second kappa shape index (κ2) is 6.37. The van der Waals surface area contributed by atoms with E-state index in [-0.39, 0.29) is 5.92 Å². The summed E-state index contributed by atoms with van der Waals surface area (Å²) in [4.78, 5) is 0. The molecule has 0 radical (unpaired) electrons. The van der Waals surface area contributed by atoms with Gasteiger partial charge in [0.1, 0.15) is 0 Å². The van der Waals surface area contributed by atoms with Gasteiger partial charge in [-0.25, -0.2) is 0 Å². The predicted molar refractivity (Wildman–Crippen MR) is 69.4 cm³/mol. The molecule has 3 nitrogen and oxygen atoms in total. The van der Waals surface area contributed by atoms with E-state index in [9.17, 15) is 5.11 Å². The monoisotopic (exact) mass is 238 g/mol. The molecule has 1 aliphatic rings. The summed E-state index contributed by atoms with van der Waals surface area (Å²) in [6, 6.07) is 2.77. The number of rotatable bonds is 5. The third-order valence-corrected chi connectivity index (χ3v) is 4.28. The minimum Gasteiger partial charge on any atom is -0.389 e. The van der Waals surface area contributed by atoms with Gasteiger partial charge in [0.2, 0.25) is 0 Å². The van der Waals surface area contributed by atoms with E-state index in [1.807, 2.05) is 6.92 Å². The van der Waals surface area contributed by atoms with Crippen LogP contribution >= 0.6 is 0 Å². The van der Waals surface area contributed by atoms with Gasteiger partial charge in [0.15, 0.2) is 0 Å². The van der Waals surface area contributed by atoms with Crippen LogP contribution in [0.1, 0.15) is 52.9 Å². The van der Waals surface area contributed by atoms with Gasteiger partial charge in [0, 0.05) is 18.5 Å². The molecule has 0 aromatic rings. The van der Waals surface area contributed by atoms with Crippen molar-refractivity contribution in [1.82, 2.24) is 5.32 Å². The maximum absolute atomic E-state index is 10.3. The van der Waals surface area contributed by atoms with Gasteiger partial charge in [-0.15, -0.1) is 0 Å². The third kappa shape index (κ3) is 4.29. The van der Waals surface area contributed by atoms with Crippen molar-refractivity contribution in [2.45, 2.75) is 64.5 Å². The highest BCUT2D eigenvalue weighted by Crippen LogP contribution is 2.25. The van der Waals surface area contributed by atoms with Crippen molar-refractivity contribution in [3.8, 4) is 6.07 Å². The fraction of sp³-hybridized carbons (Fsp3) is 0.929. The number of nitrogens with zero attached hydrogens (tertiary/aromatic N) is 1. The minimum atomic E-state index is -0.645. The highest BCUT2D eigenvalue weighted by atomic mass is 16.3. The molecular weight excluding hydrogens is 212 g/mol. The number of hydrogen-bond donors (Lipinski definition) is 2. The van der Waals surface area contributed by atoms with Crippen molar-refractivity contribution in [3.05, 3.63) is 0 Å². The van der Waals surface area contributed by atoms with Crippen LogP contribution in [0, 0.1) is 23.2 Å². The predicted octanol–water partition coefficient (Wildman–Crippen LogP) is 2.46. The van der Waals surface area contributed by atoms with E-state index >= 15 is 0 Å². The highest BCUT2D eigenvalue weighted by molar-refractivity contribution is 4.91. The van der Waals surface area contributed by atoms with Gasteiger partial charge in [0.05, 0.1) is 11.7 Å². The average Bonchev–Trinajstić information content (AvgIpc) is 2.35. The van der Waals surface area contributed by atoms with Crippen LogP contribution in [0.3, 0.4) is 0 Å². The van der Waals surface area contributed by atoms with Crippen molar-refractivity contribution < 1.29 is 5.11 Å². The standard InChI is InChI=1S/C14H26N2O/c1-4-11(2)14(3,17)10-16-13-7-5-6-12(8-13)9-15/h11-13,16-17H,4-8,10H2,1-3H3/t11-,12+,13-,14+/m0/s1. The van der Waals surface area contributed by atoms with Crippen LogP contribution < -0.4 is 5.32 Å². The fourth-order valence-electron chi connectivity index (χ4n) is 2.46. The van der Waals surface area contributed by atoms with E-state index in [4.69, 9.17) is 5.26 Å². The van der Waals surface area contributed by atoms with Gasteiger partial charge in [-0.2, -0.15) is 5.26 Å². The number of nitrogens with one attached hydrogen (secondary N) is 1. The number of aliphatic hydroxyl groups is 1. The zero-order chi connectivity index (χ0) is 12.9. The molecule has 17 heavy (non-hydrogen) atoms. The summed E-state index contributed by atoms with van der Waals surface area (Å²) in [6.07, 6.45) is 5.22. The van der Waals surface area contributed by atoms with E-state index < -0.39 is 5.60 Å². The molecule has 1 aliphatic carbocycles. The second-order valence-corrected chi connectivity index (χ2v) is 5.74. The van der Waals surface area contributed by atoms with E-state index in [1.165, 1.54) is 0 Å². The molecule has 0 amide bonds. The van der Waals surface area contributed by atoms with Gasteiger partial charge in [-0.1, -0.05) is 26.7 Å². The fourth-order valence-corrected chi connectivity index (χ4v) is 2.46. The SMILES string of the molecule is CC[C@H](C)[C@](C)(O)CN[C@H]1CCC[C@@H](C#N)C1. The van der Waals surface area contributed by atoms with Crippen LogP contribution in [0.2, 0.25) is 0 Å². The van der Waals surface area contributed by atoms with Crippen LogP contribution in [0.5, 0.6) is 0 Å². The van der Waals surface area contributed by atoms with Crippen LogP contribution in [-0.4, -0.2) is 23.3 Å². The van der Waals surface area contributed by atoms with Crippen molar-refractivity contribution >= 4 is 0 Å². The molecule has 0 heterocycles. The van der Waals surface area contributed by atoms with Gasteiger partial charge >= 0.3 is 0 Å². The molecule has 98 valence electrons. The molecule has 3 heteroatoms. The van der Waals surface area contributed by atoms with Gasteiger partial charge < -0.3 is 10.4 Å². The highest BCUT2D eigenvalue weighted by Gasteiger charge is 2.29. The first-order valence-corrected chi connectivity index (χ1v) is 6.85. The zero-order valence-corrected chi connectivity index (χ0v) is 11.4. The molecule has 0 aromatic heterocycles. The quantitative estimate of drug-likeness (QED) is 0.773. The molecule has 0 aromatic carbocycles. The first kappa shape index (κ1) is 14.5. The lowest BCUT2D eigenvalue weighted by molar-refractivity contribution is 0.00196. The Morgan fingerprint density at radius 2 is 2.24 bits per heavy atom. The van der Waals surface area contributed by atoms with Crippen molar-refractivity contribution in [2.75, 3.05) is 6.54 Å². The van der Waals surface area contributed by atoms with Crippen molar-refractivity contribution in [3.63, 3.8) is 0 Å². The van der Waals surface area contributed by atoms with E-state index in [1.54, 1.807) is 0 Å². The van der Waals surface area contributed by atoms with E-state index in [2.05, 4.69) is 25.2 Å². The average molecular weight is 238 g/mol. The Bertz CT molecular complexity index is 270. The van der Waals surface area contributed by atoms with Crippen molar-refractivity contribution in [2.24, 2.45) is 11.8 Å². The molecule has 0 bridgehead atoms. The Labute approximate surface area is 105 Å². The molecule has 1 rings (SSSR count). The summed E-state index contributed by atoms with van der Waals surface area (Å²) in [5.74, 6) is 0.500. The third-order valence-electron chi connectivity index (χ3n) is 4.28. The lowest BCUT2D eigenvalue weighted by Gasteiger charge is -2.34. The number of hydrogen-bond acceptors (Lipinski definition) is 3. The smallest absolute Gasteiger partial charge is 0.0768 e. The molecule has 4 atom stereocenters. The Hall–Kier alpha value is -0.590. The van der Waals surface area contributed by atoms with E-state index in [0.717, 1.165) is 32.1 Å². The lowest BCUT2D eigenvalue weighted by Crippen LogP contribution is -2.47. The maximum atomic E-state index is 10.3. The Balaban J connectivity index is 2.37. The molecule has 0 unspecified atom stereocenters. The van der Waals surface area contributed by atoms with Crippen LogP contribution in [0.15, 0.2) is 0 Å². The summed E-state index contributed by atoms with van der Waals surface area (Å²) in [7, 11) is 0. The topological polar surface area (TPSA) is 56.0 Å². The van der Waals surface area contributed by atoms with Gasteiger partial charge in [0.25, 0.3) is 0 Å². The van der Waals surface area contributed by atoms with Gasteiger partial charge in [-0.05, 0) is 32.1 Å². The second-order valence-electron chi connectivity index (χ2n) is 5.74. The molecule has 1 saturated carbocycles. The molecule has 0 saturated heterocycles. The normalized spacial score (nSPS) is 30.3. The van der Waals surface area contributed by atoms with Crippen LogP contribution in [0.25, 0.3) is 0 Å². The summed E-state index contributed by atoms with van der Waals surface area (Å²) >= 11 is 0. The first-order valence-electron chi connectivity index (χ1n) is 6.85. The minimum absolute atomic E-state index is 0.204. The Kier molecular flexibility index (Phi) is 5.42.